The molecule has 1 aliphatic carbocycles. The first-order valence-electron chi connectivity index (χ1n) is 7.31. The zero-order chi connectivity index (χ0) is 15.2. The van der Waals surface area contributed by atoms with Crippen molar-refractivity contribution in [3.63, 3.8) is 0 Å². The van der Waals surface area contributed by atoms with E-state index in [9.17, 15) is 14.7 Å². The Balaban J connectivity index is 1.95. The van der Waals surface area contributed by atoms with Crippen LogP contribution in [0.5, 0.6) is 0 Å². The molecule has 0 bridgehead atoms. The lowest BCUT2D eigenvalue weighted by atomic mass is 9.78. The highest BCUT2D eigenvalue weighted by atomic mass is 16.4. The molecule has 0 spiro atoms. The number of hydrogen-bond donors (Lipinski definition) is 3. The molecule has 114 valence electrons. The second kappa shape index (κ2) is 7.22. The molecule has 3 N–H and O–H groups in total. The van der Waals surface area contributed by atoms with E-state index in [1.807, 2.05) is 24.3 Å². The van der Waals surface area contributed by atoms with Crippen LogP contribution in [-0.2, 0) is 22.7 Å². The van der Waals surface area contributed by atoms with Crippen molar-refractivity contribution in [1.82, 2.24) is 5.32 Å². The third kappa shape index (κ3) is 4.04. The third-order valence-electron chi connectivity index (χ3n) is 4.06. The number of rotatable bonds is 5. The first-order valence-corrected chi connectivity index (χ1v) is 7.31. The van der Waals surface area contributed by atoms with Gasteiger partial charge in [-0.05, 0) is 24.0 Å². The Bertz CT molecular complexity index is 515. The first kappa shape index (κ1) is 15.5. The van der Waals surface area contributed by atoms with Crippen molar-refractivity contribution < 1.29 is 19.8 Å². The summed E-state index contributed by atoms with van der Waals surface area (Å²) in [5.41, 5.74) is 1.69. The van der Waals surface area contributed by atoms with Gasteiger partial charge in [0, 0.05) is 6.54 Å². The normalized spacial score (nSPS) is 21.8. The summed E-state index contributed by atoms with van der Waals surface area (Å²) in [6.45, 7) is 0.320. The van der Waals surface area contributed by atoms with E-state index in [0.717, 1.165) is 24.0 Å². The van der Waals surface area contributed by atoms with E-state index in [-0.39, 0.29) is 12.5 Å². The fraction of sp³-hybridized carbons (Fsp3) is 0.500. The fourth-order valence-corrected chi connectivity index (χ4v) is 2.90. The quantitative estimate of drug-likeness (QED) is 0.770. The van der Waals surface area contributed by atoms with Crippen LogP contribution in [0.3, 0.4) is 0 Å². The van der Waals surface area contributed by atoms with Crippen molar-refractivity contribution in [1.29, 1.82) is 0 Å². The van der Waals surface area contributed by atoms with Gasteiger partial charge in [-0.25, -0.2) is 0 Å². The predicted molar refractivity (Wildman–Crippen MR) is 77.3 cm³/mol. The van der Waals surface area contributed by atoms with Crippen molar-refractivity contribution in [2.45, 2.75) is 38.8 Å². The van der Waals surface area contributed by atoms with Crippen LogP contribution in [0.1, 0.15) is 36.8 Å². The summed E-state index contributed by atoms with van der Waals surface area (Å²) >= 11 is 0. The van der Waals surface area contributed by atoms with Gasteiger partial charge in [-0.3, -0.25) is 9.59 Å². The zero-order valence-electron chi connectivity index (χ0n) is 11.9. The number of amides is 1. The van der Waals surface area contributed by atoms with Crippen LogP contribution < -0.4 is 5.32 Å². The zero-order valence-corrected chi connectivity index (χ0v) is 11.9. The number of aliphatic hydroxyl groups excluding tert-OH is 1. The number of aliphatic carboxylic acids is 1. The summed E-state index contributed by atoms with van der Waals surface area (Å²) in [6.07, 6.45) is 2.99. The largest absolute Gasteiger partial charge is 0.481 e. The van der Waals surface area contributed by atoms with Gasteiger partial charge in [0.05, 0.1) is 18.4 Å². The van der Waals surface area contributed by atoms with Gasteiger partial charge < -0.3 is 15.5 Å². The van der Waals surface area contributed by atoms with Crippen molar-refractivity contribution in [3.8, 4) is 0 Å². The fourth-order valence-electron chi connectivity index (χ4n) is 2.90. The molecule has 1 aromatic rings. The van der Waals surface area contributed by atoms with Crippen molar-refractivity contribution in [3.05, 3.63) is 35.4 Å². The molecule has 1 fully saturated rings. The van der Waals surface area contributed by atoms with E-state index in [2.05, 4.69) is 5.32 Å². The van der Waals surface area contributed by atoms with Gasteiger partial charge in [0.2, 0.25) is 5.91 Å². The van der Waals surface area contributed by atoms with Crippen LogP contribution in [0.4, 0.5) is 0 Å². The van der Waals surface area contributed by atoms with Gasteiger partial charge in [0.25, 0.3) is 0 Å². The maximum absolute atomic E-state index is 12.2. The van der Waals surface area contributed by atoms with E-state index >= 15 is 0 Å². The highest BCUT2D eigenvalue weighted by Crippen LogP contribution is 2.30. The monoisotopic (exact) mass is 291 g/mol. The van der Waals surface area contributed by atoms with Gasteiger partial charge in [-0.1, -0.05) is 37.1 Å². The Labute approximate surface area is 124 Å². The topological polar surface area (TPSA) is 86.6 Å². The molecule has 5 heteroatoms. The molecule has 0 aliphatic heterocycles. The van der Waals surface area contributed by atoms with Crippen LogP contribution in [-0.4, -0.2) is 22.1 Å². The smallest absolute Gasteiger partial charge is 0.307 e. The molecule has 1 amide bonds. The van der Waals surface area contributed by atoms with Crippen LogP contribution in [0.2, 0.25) is 0 Å². The summed E-state index contributed by atoms with van der Waals surface area (Å²) in [5.74, 6) is -2.06. The van der Waals surface area contributed by atoms with Gasteiger partial charge in [0.15, 0.2) is 0 Å². The highest BCUT2D eigenvalue weighted by molar-refractivity contribution is 5.84. The second-order valence-electron chi connectivity index (χ2n) is 5.53. The number of hydrogen-bond acceptors (Lipinski definition) is 3. The average molecular weight is 291 g/mol. The van der Waals surface area contributed by atoms with E-state index < -0.39 is 17.8 Å². The molecule has 0 aromatic heterocycles. The molecule has 5 nitrogen and oxygen atoms in total. The highest BCUT2D eigenvalue weighted by Gasteiger charge is 2.35. The predicted octanol–water partition coefficient (Wildman–Crippen LogP) is 1.69. The number of aliphatic hydroxyl groups is 1. The second-order valence-corrected chi connectivity index (χ2v) is 5.53. The Morgan fingerprint density at radius 1 is 1.14 bits per heavy atom. The molecule has 2 atom stereocenters. The lowest BCUT2D eigenvalue weighted by Gasteiger charge is -2.27. The van der Waals surface area contributed by atoms with E-state index in [1.54, 1.807) is 0 Å². The SMILES string of the molecule is O=C(O)[C@H]1CCCC[C@H]1C(=O)NCc1cccc(CO)c1. The maximum atomic E-state index is 12.2. The summed E-state index contributed by atoms with van der Waals surface area (Å²) in [4.78, 5) is 23.4. The Morgan fingerprint density at radius 3 is 2.48 bits per heavy atom. The average Bonchev–Trinajstić information content (AvgIpc) is 2.52. The number of carbonyl (C=O) groups is 2. The number of carboxylic acid groups (broad SMARTS) is 1. The van der Waals surface area contributed by atoms with E-state index in [4.69, 9.17) is 5.11 Å². The Kier molecular flexibility index (Phi) is 5.33. The van der Waals surface area contributed by atoms with Gasteiger partial charge in [-0.2, -0.15) is 0 Å². The minimum absolute atomic E-state index is 0.0362. The summed E-state index contributed by atoms with van der Waals surface area (Å²) in [5, 5.41) is 21.1. The maximum Gasteiger partial charge on any atom is 0.307 e. The van der Waals surface area contributed by atoms with Gasteiger partial charge in [0.1, 0.15) is 0 Å². The van der Waals surface area contributed by atoms with Crippen LogP contribution in [0.25, 0.3) is 0 Å². The molecule has 0 saturated heterocycles. The number of carboxylic acids is 1. The van der Waals surface area contributed by atoms with Crippen molar-refractivity contribution in [2.75, 3.05) is 0 Å². The molecule has 1 aromatic carbocycles. The summed E-state index contributed by atoms with van der Waals surface area (Å²) in [6, 6.07) is 7.34. The molecule has 0 heterocycles. The van der Waals surface area contributed by atoms with Crippen molar-refractivity contribution >= 4 is 11.9 Å². The van der Waals surface area contributed by atoms with Crippen LogP contribution in [0, 0.1) is 11.8 Å². The lowest BCUT2D eigenvalue weighted by Crippen LogP contribution is -2.39. The van der Waals surface area contributed by atoms with Crippen LogP contribution >= 0.6 is 0 Å². The number of carbonyl (C=O) groups excluding carboxylic acids is 1. The Hall–Kier alpha value is -1.88. The van der Waals surface area contributed by atoms with Crippen LogP contribution in [0.15, 0.2) is 24.3 Å². The molecule has 21 heavy (non-hydrogen) atoms. The molecule has 2 rings (SSSR count). The lowest BCUT2D eigenvalue weighted by molar-refractivity contribution is -0.148. The molecule has 1 saturated carbocycles. The molecular weight excluding hydrogens is 270 g/mol. The first-order chi connectivity index (χ1) is 10.1. The standard InChI is InChI=1S/C16H21NO4/c18-10-12-5-3-4-11(8-12)9-17-15(19)13-6-1-2-7-14(13)16(20)21/h3-5,8,13-14,18H,1-2,6-7,9-10H2,(H,17,19)(H,20,21)/t13-,14+/m1/s1. The number of benzene rings is 1. The van der Waals surface area contributed by atoms with Gasteiger partial charge in [-0.15, -0.1) is 0 Å². The molecular formula is C16H21NO4. The van der Waals surface area contributed by atoms with E-state index in [0.29, 0.717) is 19.4 Å². The van der Waals surface area contributed by atoms with Gasteiger partial charge >= 0.3 is 5.97 Å². The Morgan fingerprint density at radius 2 is 1.81 bits per heavy atom. The minimum Gasteiger partial charge on any atom is -0.481 e. The summed E-state index contributed by atoms with van der Waals surface area (Å²) < 4.78 is 0. The van der Waals surface area contributed by atoms with Crippen molar-refractivity contribution in [2.24, 2.45) is 11.8 Å². The molecule has 0 radical (unpaired) electrons. The third-order valence-corrected chi connectivity index (χ3v) is 4.06. The summed E-state index contributed by atoms with van der Waals surface area (Å²) in [7, 11) is 0. The molecule has 0 unspecified atom stereocenters. The molecule has 1 aliphatic rings. The minimum atomic E-state index is -0.878. The number of nitrogens with one attached hydrogen (secondary N) is 1. The van der Waals surface area contributed by atoms with E-state index in [1.165, 1.54) is 0 Å².